The summed E-state index contributed by atoms with van der Waals surface area (Å²) in [6, 6.07) is 10.3. The van der Waals surface area contributed by atoms with E-state index in [0.717, 1.165) is 31.2 Å². The second-order valence-electron chi connectivity index (χ2n) is 9.68. The highest BCUT2D eigenvalue weighted by Crippen LogP contribution is 2.38. The third kappa shape index (κ3) is 17.4. The zero-order valence-electron chi connectivity index (χ0n) is 24.3. The highest BCUT2D eigenvalue weighted by Gasteiger charge is 2.37. The minimum absolute atomic E-state index is 0. The Morgan fingerprint density at radius 3 is 2.04 bits per heavy atom. The average molecular weight is 1020 g/mol. The number of carbonyl (C=O) groups excluding carboxylic acids is 4. The van der Waals surface area contributed by atoms with Crippen molar-refractivity contribution in [3.63, 3.8) is 0 Å². The molecule has 0 bridgehead atoms. The number of ether oxygens (including phenoxy) is 1. The molecule has 5 rings (SSSR count). The lowest BCUT2D eigenvalue weighted by molar-refractivity contribution is -0.191. The molecule has 246 valence electrons. The predicted molar refractivity (Wildman–Crippen MR) is 204 cm³/mol. The minimum Gasteiger partial charge on any atom is -0.425 e. The molecule has 2 aromatic rings. The molecule has 6 N–H and O–H groups in total. The maximum atomic E-state index is 11.6. The molecule has 0 radical (unpaired) electrons. The van der Waals surface area contributed by atoms with Gasteiger partial charge in [-0.1, -0.05) is 46.9 Å². The first-order valence-corrected chi connectivity index (χ1v) is 20.1. The van der Waals surface area contributed by atoms with Gasteiger partial charge in [0.05, 0.1) is 5.69 Å². The van der Waals surface area contributed by atoms with Gasteiger partial charge in [-0.25, -0.2) is 4.79 Å². The molecule has 15 heteroatoms. The van der Waals surface area contributed by atoms with Crippen LogP contribution in [0.15, 0.2) is 36.4 Å². The van der Waals surface area contributed by atoms with Crippen LogP contribution in [0, 0.1) is 35.5 Å². The molecule has 1 heterocycles. The van der Waals surface area contributed by atoms with Gasteiger partial charge in [0.15, 0.2) is 5.60 Å². The summed E-state index contributed by atoms with van der Waals surface area (Å²) in [7, 11) is 0. The fourth-order valence-electron chi connectivity index (χ4n) is 3.44. The molecule has 2 aromatic carbocycles. The summed E-state index contributed by atoms with van der Waals surface area (Å²) >= 11 is 20.8. The summed E-state index contributed by atoms with van der Waals surface area (Å²) in [5.41, 5.74) is 6.28. The van der Waals surface area contributed by atoms with Crippen LogP contribution in [-0.4, -0.2) is 28.1 Å². The van der Waals surface area contributed by atoms with E-state index in [9.17, 15) is 14.7 Å². The molecular formula is C30H32Cl3I3N2O7. The molecule has 2 fully saturated rings. The summed E-state index contributed by atoms with van der Waals surface area (Å²) in [4.78, 5) is 37.0. The standard InChI is InChI=1S/C14H12ClNO2.C13H14ClNO.C2H3ClO.CO2.I2.HI.H2O/c1-14(7-6-9-2-3-9)11-8-10(15)4-5-12(11)16-13(17)18-14;1-13(16,7-6-9-2-3-9)11-8-10(14)4-5-12(11)15;1-2(3)4;2-1-3;1-2;;/h4-5,8-9H,2-3H2,1H3,(H,16,17);4-5,8-9,16H,2-3,15H2,1H3;1H3;;;1H;1H2/t14-;13-;;;;;/m00...../s1. The van der Waals surface area contributed by atoms with Crippen LogP contribution in [-0.2, 0) is 30.3 Å². The Balaban J connectivity index is 0. The van der Waals surface area contributed by atoms with E-state index in [-0.39, 0.29) is 40.8 Å². The second-order valence-corrected chi connectivity index (χ2v) is 11.1. The van der Waals surface area contributed by atoms with E-state index in [1.807, 2.05) is 0 Å². The Morgan fingerprint density at radius 1 is 1.07 bits per heavy atom. The maximum Gasteiger partial charge on any atom is 0.413 e. The van der Waals surface area contributed by atoms with E-state index in [4.69, 9.17) is 43.3 Å². The third-order valence-corrected chi connectivity index (χ3v) is 6.23. The number of anilines is 2. The van der Waals surface area contributed by atoms with Gasteiger partial charge < -0.3 is 21.1 Å². The quantitative estimate of drug-likeness (QED) is 0.113. The van der Waals surface area contributed by atoms with Crippen molar-refractivity contribution in [2.75, 3.05) is 11.1 Å². The molecule has 2 saturated carbocycles. The van der Waals surface area contributed by atoms with Crippen LogP contribution in [0.25, 0.3) is 0 Å². The van der Waals surface area contributed by atoms with E-state index in [2.05, 4.69) is 77.8 Å². The van der Waals surface area contributed by atoms with Crippen molar-refractivity contribution in [1.29, 1.82) is 0 Å². The normalized spacial score (nSPS) is 17.6. The number of nitrogens with one attached hydrogen (secondary N) is 1. The van der Waals surface area contributed by atoms with Crippen LogP contribution in [0.1, 0.15) is 57.6 Å². The van der Waals surface area contributed by atoms with E-state index >= 15 is 0 Å². The number of hydrogen-bond donors (Lipinski definition) is 3. The Kier molecular flexibility index (Phi) is 22.7. The van der Waals surface area contributed by atoms with Gasteiger partial charge in [-0.15, -0.1) is 24.0 Å². The number of hydrogen-bond acceptors (Lipinski definition) is 7. The van der Waals surface area contributed by atoms with Crippen LogP contribution >= 0.6 is 96.0 Å². The van der Waals surface area contributed by atoms with Gasteiger partial charge in [-0.05, 0) is 87.5 Å². The highest BCUT2D eigenvalue weighted by atomic mass is 128. The van der Waals surface area contributed by atoms with Crippen molar-refractivity contribution in [3.05, 3.63) is 57.6 Å². The molecule has 1 amide bonds. The van der Waals surface area contributed by atoms with Crippen molar-refractivity contribution < 1.29 is 34.5 Å². The first-order chi connectivity index (χ1) is 20.2. The first-order valence-electron chi connectivity index (χ1n) is 12.6. The van der Waals surface area contributed by atoms with Crippen LogP contribution in [0.5, 0.6) is 0 Å². The van der Waals surface area contributed by atoms with Crippen molar-refractivity contribution >= 4 is 125 Å². The molecule has 0 saturated heterocycles. The van der Waals surface area contributed by atoms with Crippen molar-refractivity contribution in [1.82, 2.24) is 0 Å². The van der Waals surface area contributed by atoms with E-state index in [1.165, 1.54) is 6.92 Å². The number of halogens is 6. The monoisotopic (exact) mass is 1020 g/mol. The molecule has 0 unspecified atom stereocenters. The topological polar surface area (TPSA) is 167 Å². The summed E-state index contributed by atoms with van der Waals surface area (Å²) in [5.74, 6) is 13.1. The van der Waals surface area contributed by atoms with Crippen LogP contribution < -0.4 is 11.1 Å². The molecule has 9 nitrogen and oxygen atoms in total. The van der Waals surface area contributed by atoms with Gasteiger partial charge in [0.1, 0.15) is 5.60 Å². The second kappa shape index (κ2) is 22.3. The highest BCUT2D eigenvalue weighted by molar-refractivity contribution is 15.0. The minimum atomic E-state index is -1.22. The predicted octanol–water partition coefficient (Wildman–Crippen LogP) is 7.83. The fraction of sp³-hybridized carbons (Fsp3) is 0.367. The van der Waals surface area contributed by atoms with Crippen molar-refractivity contribution in [3.8, 4) is 23.7 Å². The summed E-state index contributed by atoms with van der Waals surface area (Å²) in [5, 5.41) is 13.7. The number of fused-ring (bicyclic) bond motifs is 1. The fourth-order valence-corrected chi connectivity index (χ4v) is 3.79. The Bertz CT molecular complexity index is 1450. The summed E-state index contributed by atoms with van der Waals surface area (Å²) in [6.07, 6.45) is 4.31. The molecule has 2 atom stereocenters. The molecule has 2 aliphatic carbocycles. The zero-order valence-corrected chi connectivity index (χ0v) is 33.2. The van der Waals surface area contributed by atoms with Gasteiger partial charge in [0.2, 0.25) is 5.24 Å². The Labute approximate surface area is 318 Å². The Morgan fingerprint density at radius 2 is 1.53 bits per heavy atom. The third-order valence-electron chi connectivity index (χ3n) is 5.76. The smallest absolute Gasteiger partial charge is 0.413 e. The molecule has 45 heavy (non-hydrogen) atoms. The molecule has 0 spiro atoms. The number of benzene rings is 2. The van der Waals surface area contributed by atoms with E-state index < -0.39 is 17.3 Å². The molecule has 0 aromatic heterocycles. The van der Waals surface area contributed by atoms with Gasteiger partial charge in [0, 0.05) is 82.9 Å². The largest absolute Gasteiger partial charge is 0.425 e. The molecular weight excluding hydrogens is 987 g/mol. The van der Waals surface area contributed by atoms with Gasteiger partial charge >= 0.3 is 12.2 Å². The lowest BCUT2D eigenvalue weighted by Crippen LogP contribution is -2.36. The SMILES string of the molecule is CC(=O)Cl.C[C@@]1(C#CC2CC2)OC(=O)Nc2ccc(Cl)cc21.C[C@](O)(C#CC1CC1)c1cc(Cl)ccc1N.I.II.O.O=C=O. The lowest BCUT2D eigenvalue weighted by Gasteiger charge is -2.31. The number of amides is 1. The summed E-state index contributed by atoms with van der Waals surface area (Å²) < 4.78 is 5.35. The van der Waals surface area contributed by atoms with Crippen LogP contribution in [0.4, 0.5) is 16.2 Å². The Hall–Kier alpha value is -1.34. The maximum absolute atomic E-state index is 11.6. The number of nitrogens with two attached hydrogens (primary N) is 1. The van der Waals surface area contributed by atoms with Crippen LogP contribution in [0.2, 0.25) is 10.0 Å². The van der Waals surface area contributed by atoms with Crippen molar-refractivity contribution in [2.45, 2.75) is 57.7 Å². The van der Waals surface area contributed by atoms with E-state index in [0.29, 0.717) is 38.8 Å². The van der Waals surface area contributed by atoms with E-state index in [1.54, 1.807) is 50.2 Å². The van der Waals surface area contributed by atoms with Gasteiger partial charge in [-0.3, -0.25) is 10.1 Å². The zero-order chi connectivity index (χ0) is 32.8. The summed E-state index contributed by atoms with van der Waals surface area (Å²) in [6.45, 7) is 4.74. The van der Waals surface area contributed by atoms with Crippen LogP contribution in [0.3, 0.4) is 0 Å². The van der Waals surface area contributed by atoms with Gasteiger partial charge in [-0.2, -0.15) is 9.59 Å². The lowest BCUT2D eigenvalue weighted by atomic mass is 9.93. The molecule has 1 aliphatic heterocycles. The number of aliphatic hydroxyl groups is 1. The average Bonchev–Trinajstić information content (AvgIpc) is 3.85. The van der Waals surface area contributed by atoms with Crippen molar-refractivity contribution in [2.24, 2.45) is 11.8 Å². The number of nitrogen functional groups attached to an aromatic ring is 1. The number of carbonyl (C=O) groups is 2. The molecule has 3 aliphatic rings. The number of rotatable bonds is 1. The van der Waals surface area contributed by atoms with Gasteiger partial charge in [0.25, 0.3) is 0 Å². The number of cyclic esters (lactones) is 1. The first kappa shape index (κ1) is 45.8.